The van der Waals surface area contributed by atoms with Crippen molar-refractivity contribution >= 4 is 40.3 Å². The van der Waals surface area contributed by atoms with E-state index in [9.17, 15) is 4.79 Å². The van der Waals surface area contributed by atoms with E-state index in [1.807, 2.05) is 0 Å². The lowest BCUT2D eigenvalue weighted by atomic mass is 10.3. The van der Waals surface area contributed by atoms with Crippen LogP contribution < -0.4 is 0 Å². The molecule has 0 bridgehead atoms. The summed E-state index contributed by atoms with van der Waals surface area (Å²) in [6, 6.07) is 0. The normalized spacial score (nSPS) is 12.6. The van der Waals surface area contributed by atoms with Gasteiger partial charge in [-0.25, -0.2) is 0 Å². The van der Waals surface area contributed by atoms with Gasteiger partial charge in [-0.2, -0.15) is 25.3 Å². The maximum Gasteiger partial charge on any atom is 0.751 e. The van der Waals surface area contributed by atoms with E-state index in [0.717, 1.165) is 0 Å². The molecule has 0 aliphatic heterocycles. The molecule has 0 aromatic carbocycles. The first-order chi connectivity index (χ1) is 8.37. The Labute approximate surface area is 121 Å². The van der Waals surface area contributed by atoms with Gasteiger partial charge in [0.2, 0.25) is 0 Å². The van der Waals surface area contributed by atoms with Crippen LogP contribution in [0.15, 0.2) is 0 Å². The third-order valence-electron chi connectivity index (χ3n) is 2.00. The maximum atomic E-state index is 12.0. The summed E-state index contributed by atoms with van der Waals surface area (Å²) in [5, 5.41) is 0. The zero-order valence-corrected chi connectivity index (χ0v) is 14.1. The van der Waals surface area contributed by atoms with Crippen LogP contribution in [-0.2, 0) is 22.5 Å². The van der Waals surface area contributed by atoms with Crippen LogP contribution in [0.5, 0.6) is 0 Å². The van der Waals surface area contributed by atoms with Gasteiger partial charge < -0.3 is 17.7 Å². The summed E-state index contributed by atoms with van der Waals surface area (Å²) < 4.78 is 20.3. The van der Waals surface area contributed by atoms with E-state index in [4.69, 9.17) is 17.7 Å². The third-order valence-corrected chi connectivity index (χ3v) is 5.36. The van der Waals surface area contributed by atoms with E-state index in [1.54, 1.807) is 27.7 Å². The molecule has 0 amide bonds. The van der Waals surface area contributed by atoms with Gasteiger partial charge in [0.15, 0.2) is 4.08 Å². The van der Waals surface area contributed by atoms with E-state index in [-0.39, 0.29) is 0 Å². The van der Waals surface area contributed by atoms with Gasteiger partial charge in [-0.1, -0.05) is 6.92 Å². The van der Waals surface area contributed by atoms with Gasteiger partial charge in [0.1, 0.15) is 0 Å². The molecule has 0 rings (SSSR count). The van der Waals surface area contributed by atoms with Crippen molar-refractivity contribution in [1.29, 1.82) is 0 Å². The Balaban J connectivity index is 4.90. The van der Waals surface area contributed by atoms with Crippen molar-refractivity contribution in [2.45, 2.75) is 38.2 Å². The summed E-state index contributed by atoms with van der Waals surface area (Å²) in [5.41, 5.74) is 0. The molecule has 0 saturated heterocycles. The summed E-state index contributed by atoms with van der Waals surface area (Å²) in [5.74, 6) is -0.612. The largest absolute Gasteiger partial charge is 0.751 e. The Kier molecular flexibility index (Phi) is 8.57. The van der Waals surface area contributed by atoms with Crippen molar-refractivity contribution in [3.63, 3.8) is 0 Å². The lowest BCUT2D eigenvalue weighted by Crippen LogP contribution is -2.53. The Morgan fingerprint density at radius 1 is 1.00 bits per heavy atom. The first-order valence-electron chi connectivity index (χ1n) is 5.97. The van der Waals surface area contributed by atoms with Crippen LogP contribution in [0.4, 0.5) is 0 Å². The molecule has 8 heteroatoms. The zero-order chi connectivity index (χ0) is 14.2. The van der Waals surface area contributed by atoms with E-state index in [2.05, 4.69) is 25.3 Å². The van der Waals surface area contributed by atoms with Crippen LogP contribution in [0.3, 0.4) is 0 Å². The van der Waals surface area contributed by atoms with Crippen LogP contribution in [0.2, 0.25) is 0 Å². The monoisotopic (exact) mass is 314 g/mol. The smallest absolute Gasteiger partial charge is 0.450 e. The third kappa shape index (κ3) is 5.50. The first kappa shape index (κ1) is 18.3. The highest BCUT2D eigenvalue weighted by atomic mass is 32.2. The summed E-state index contributed by atoms with van der Waals surface area (Å²) in [6.45, 7) is 8.12. The van der Waals surface area contributed by atoms with Gasteiger partial charge in [-0.05, 0) is 27.2 Å². The Morgan fingerprint density at radius 2 is 1.39 bits per heavy atom. The van der Waals surface area contributed by atoms with Gasteiger partial charge in [0.05, 0.1) is 0 Å². The predicted octanol–water partition coefficient (Wildman–Crippen LogP) is 2.04. The van der Waals surface area contributed by atoms with Crippen molar-refractivity contribution in [3.05, 3.63) is 0 Å². The number of hydrogen-bond donors (Lipinski definition) is 2. The fraction of sp³-hybridized carbons (Fsp3) is 0.900. The minimum atomic E-state index is -3.43. The molecule has 0 spiro atoms. The fourth-order valence-electron chi connectivity index (χ4n) is 1.08. The summed E-state index contributed by atoms with van der Waals surface area (Å²) in [6.07, 6.45) is 0.410. The number of hydrogen-bond acceptors (Lipinski definition) is 7. The lowest BCUT2D eigenvalue weighted by molar-refractivity contribution is -0.144. The van der Waals surface area contributed by atoms with E-state index < -0.39 is 19.1 Å². The molecule has 0 aliphatic carbocycles. The molecule has 0 aromatic rings. The predicted molar refractivity (Wildman–Crippen MR) is 77.7 cm³/mol. The average molecular weight is 315 g/mol. The molecule has 108 valence electrons. The van der Waals surface area contributed by atoms with Crippen molar-refractivity contribution in [2.75, 3.05) is 19.8 Å². The first-order valence-corrected chi connectivity index (χ1v) is 8.50. The van der Waals surface area contributed by atoms with Crippen LogP contribution in [0.1, 0.15) is 34.1 Å². The highest BCUT2D eigenvalue weighted by Gasteiger charge is 2.51. The fourth-order valence-corrected chi connectivity index (χ4v) is 3.24. The summed E-state index contributed by atoms with van der Waals surface area (Å²) in [7, 11) is -3.43. The molecular weight excluding hydrogens is 292 g/mol. The van der Waals surface area contributed by atoms with Crippen molar-refractivity contribution in [3.8, 4) is 0 Å². The second-order valence-corrected chi connectivity index (χ2v) is 7.31. The van der Waals surface area contributed by atoms with E-state index in [0.29, 0.717) is 26.2 Å². The van der Waals surface area contributed by atoms with Crippen molar-refractivity contribution in [2.24, 2.45) is 0 Å². The van der Waals surface area contributed by atoms with Gasteiger partial charge >= 0.3 is 15.0 Å². The molecule has 0 unspecified atom stereocenters. The molecule has 0 fully saturated rings. The van der Waals surface area contributed by atoms with E-state index in [1.165, 1.54) is 0 Å². The number of rotatable bonds is 9. The summed E-state index contributed by atoms with van der Waals surface area (Å²) >= 11 is 8.29. The second kappa shape index (κ2) is 8.44. The molecule has 18 heavy (non-hydrogen) atoms. The Hall–Kier alpha value is 0.267. The summed E-state index contributed by atoms with van der Waals surface area (Å²) in [4.78, 5) is 12.0. The van der Waals surface area contributed by atoms with E-state index >= 15 is 0 Å². The molecule has 0 aliphatic rings. The Bertz CT molecular complexity index is 246. The Morgan fingerprint density at radius 3 is 1.67 bits per heavy atom. The minimum absolute atomic E-state index is 0.331. The molecule has 0 radical (unpaired) electrons. The highest BCUT2D eigenvalue weighted by Crippen LogP contribution is 2.27. The second-order valence-electron chi connectivity index (χ2n) is 3.36. The quantitative estimate of drug-likeness (QED) is 0.387. The maximum absolute atomic E-state index is 12.0. The topological polar surface area (TPSA) is 54.0 Å². The van der Waals surface area contributed by atoms with Gasteiger partial charge in [0.25, 0.3) is 0 Å². The molecule has 0 saturated carbocycles. The molecular formula is C10H22O5S2Si. The van der Waals surface area contributed by atoms with Crippen LogP contribution in [-0.4, -0.2) is 38.9 Å². The van der Waals surface area contributed by atoms with Crippen molar-refractivity contribution < 1.29 is 22.5 Å². The standard InChI is InChI=1S/C10H22O5S2Si/c1-5-10(16,17)9(11)15-18(12-6-2,13-7-3)14-8-4/h16-17H,5-8H2,1-4H3. The minimum Gasteiger partial charge on any atom is -0.450 e. The van der Waals surface area contributed by atoms with Gasteiger partial charge in [-0.3, -0.25) is 4.79 Å². The van der Waals surface area contributed by atoms with Crippen molar-refractivity contribution in [1.82, 2.24) is 0 Å². The zero-order valence-electron chi connectivity index (χ0n) is 11.3. The number of carbonyl (C=O) groups is 1. The molecule has 0 aromatic heterocycles. The number of thiol groups is 2. The highest BCUT2D eigenvalue weighted by molar-refractivity contribution is 8.01. The lowest BCUT2D eigenvalue weighted by Gasteiger charge is -2.29. The van der Waals surface area contributed by atoms with Crippen LogP contribution in [0, 0.1) is 0 Å². The van der Waals surface area contributed by atoms with Gasteiger partial charge in [0, 0.05) is 19.8 Å². The van der Waals surface area contributed by atoms with Crippen LogP contribution in [0.25, 0.3) is 0 Å². The SMILES string of the molecule is CCO[Si](OCC)(OCC)OC(=O)C(S)(S)CC. The number of carbonyl (C=O) groups excluding carboxylic acids is 1. The van der Waals surface area contributed by atoms with Gasteiger partial charge in [-0.15, -0.1) is 0 Å². The molecule has 0 heterocycles. The molecule has 0 atom stereocenters. The van der Waals surface area contributed by atoms with Crippen LogP contribution >= 0.6 is 25.3 Å². The molecule has 5 nitrogen and oxygen atoms in total. The average Bonchev–Trinajstić information content (AvgIpc) is 2.30. The molecule has 0 N–H and O–H groups in total.